The third-order valence-corrected chi connectivity index (χ3v) is 6.28. The lowest BCUT2D eigenvalue weighted by Gasteiger charge is -2.25. The van der Waals surface area contributed by atoms with Gasteiger partial charge in [-0.15, -0.1) is 0 Å². The lowest BCUT2D eigenvalue weighted by Crippen LogP contribution is -2.58. The van der Waals surface area contributed by atoms with E-state index in [4.69, 9.17) is 11.5 Å². The molecular weight excluding hydrogens is 546 g/mol. The molecule has 0 saturated heterocycles. The van der Waals surface area contributed by atoms with Crippen molar-refractivity contribution in [3.8, 4) is 5.75 Å². The van der Waals surface area contributed by atoms with Gasteiger partial charge in [-0.25, -0.2) is 9.78 Å². The molecule has 0 aliphatic heterocycles. The minimum Gasteiger partial charge on any atom is -0.508 e. The van der Waals surface area contributed by atoms with Gasteiger partial charge in [0.15, 0.2) is 0 Å². The van der Waals surface area contributed by atoms with Crippen molar-refractivity contribution in [1.29, 1.82) is 0 Å². The van der Waals surface area contributed by atoms with Crippen molar-refractivity contribution in [2.45, 2.75) is 49.9 Å². The molecule has 4 unspecified atom stereocenters. The fourth-order valence-electron chi connectivity index (χ4n) is 4.09. The Kier molecular flexibility index (Phi) is 11.1. The second kappa shape index (κ2) is 14.9. The van der Waals surface area contributed by atoms with E-state index in [1.54, 1.807) is 42.5 Å². The number of benzene rings is 2. The number of aromatic amines is 1. The lowest BCUT2D eigenvalue weighted by molar-refractivity contribution is -0.142. The number of nitrogens with one attached hydrogen (secondary N) is 4. The van der Waals surface area contributed by atoms with Crippen molar-refractivity contribution < 1.29 is 34.2 Å². The highest BCUT2D eigenvalue weighted by Gasteiger charge is 2.31. The normalized spacial score (nSPS) is 13.6. The maximum atomic E-state index is 13.5. The summed E-state index contributed by atoms with van der Waals surface area (Å²) in [4.78, 5) is 69.5. The number of H-pyrrole nitrogens is 1. The number of rotatable bonds is 15. The average Bonchev–Trinajstić information content (AvgIpc) is 3.46. The number of nitrogens with zero attached hydrogens (tertiary/aromatic N) is 1. The standard InChI is InChI=1S/C28H33N7O7/c29-20(13-24(30)37)25(38)33-21(10-17-6-8-19(36)9-7-17)26(39)34-22(12-18-14-31-15-32-18)27(40)35-23(28(41)42)11-16-4-2-1-3-5-16/h1-9,14-15,20-23,36H,10-13,29H2,(H2,30,37)(H,31,32)(H,33,38)(H,34,39)(H,35,40)(H,41,42). The molecular formula is C28H33N7O7. The molecule has 4 atom stereocenters. The van der Waals surface area contributed by atoms with Crippen LogP contribution in [0.25, 0.3) is 0 Å². The number of primary amides is 1. The summed E-state index contributed by atoms with van der Waals surface area (Å²) in [5.74, 6) is -4.46. The zero-order chi connectivity index (χ0) is 30.6. The van der Waals surface area contributed by atoms with Crippen LogP contribution in [0.5, 0.6) is 5.75 Å². The molecule has 0 spiro atoms. The fraction of sp³-hybridized carbons (Fsp3) is 0.286. The Morgan fingerprint density at radius 1 is 0.786 bits per heavy atom. The number of hydrogen-bond acceptors (Lipinski definition) is 8. The van der Waals surface area contributed by atoms with E-state index in [0.717, 1.165) is 0 Å². The molecule has 0 saturated carbocycles. The first-order valence-electron chi connectivity index (χ1n) is 13.0. The zero-order valence-corrected chi connectivity index (χ0v) is 22.5. The molecule has 10 N–H and O–H groups in total. The number of aliphatic carboxylic acids is 1. The second-order valence-electron chi connectivity index (χ2n) is 9.64. The van der Waals surface area contributed by atoms with E-state index in [1.807, 2.05) is 0 Å². The number of phenolic OH excluding ortho intramolecular Hbond substituents is 1. The number of phenols is 1. The van der Waals surface area contributed by atoms with Crippen molar-refractivity contribution in [3.63, 3.8) is 0 Å². The van der Waals surface area contributed by atoms with Gasteiger partial charge in [0.1, 0.15) is 23.9 Å². The Morgan fingerprint density at radius 3 is 1.90 bits per heavy atom. The lowest BCUT2D eigenvalue weighted by atomic mass is 10.0. The number of amides is 4. The topological polar surface area (TPSA) is 243 Å². The molecule has 3 aromatic rings. The highest BCUT2D eigenvalue weighted by atomic mass is 16.4. The molecule has 2 aromatic carbocycles. The largest absolute Gasteiger partial charge is 0.508 e. The van der Waals surface area contributed by atoms with Crippen molar-refractivity contribution in [2.24, 2.45) is 11.5 Å². The molecule has 0 radical (unpaired) electrons. The average molecular weight is 580 g/mol. The number of nitrogens with two attached hydrogens (primary N) is 2. The van der Waals surface area contributed by atoms with Crippen LogP contribution in [0.3, 0.4) is 0 Å². The number of aromatic nitrogens is 2. The molecule has 42 heavy (non-hydrogen) atoms. The van der Waals surface area contributed by atoms with Gasteiger partial charge >= 0.3 is 5.97 Å². The number of carbonyl (C=O) groups excluding carboxylic acids is 4. The van der Waals surface area contributed by atoms with Gasteiger partial charge in [0, 0.05) is 31.2 Å². The Labute approximate surface area is 240 Å². The maximum Gasteiger partial charge on any atom is 0.326 e. The molecule has 14 heteroatoms. The SMILES string of the molecule is NC(=O)CC(N)C(=O)NC(Cc1ccc(O)cc1)C(=O)NC(Cc1cnc[nH]1)C(=O)NC(Cc1ccccc1)C(=O)O. The Morgan fingerprint density at radius 2 is 1.33 bits per heavy atom. The molecule has 0 aliphatic carbocycles. The number of carboxylic acids is 1. The quantitative estimate of drug-likeness (QED) is 0.109. The zero-order valence-electron chi connectivity index (χ0n) is 22.5. The van der Waals surface area contributed by atoms with Crippen LogP contribution < -0.4 is 27.4 Å². The van der Waals surface area contributed by atoms with E-state index in [9.17, 15) is 34.2 Å². The van der Waals surface area contributed by atoms with E-state index in [-0.39, 0.29) is 25.0 Å². The minimum atomic E-state index is -1.32. The van der Waals surface area contributed by atoms with Gasteiger partial charge < -0.3 is 42.6 Å². The van der Waals surface area contributed by atoms with Crippen molar-refractivity contribution in [3.05, 3.63) is 83.9 Å². The summed E-state index contributed by atoms with van der Waals surface area (Å²) in [6.07, 6.45) is 2.24. The van der Waals surface area contributed by atoms with Gasteiger partial charge in [-0.1, -0.05) is 42.5 Å². The number of carboxylic acid groups (broad SMARTS) is 1. The highest BCUT2D eigenvalue weighted by molar-refractivity contribution is 5.95. The van der Waals surface area contributed by atoms with Crippen molar-refractivity contribution in [2.75, 3.05) is 0 Å². The number of hydrogen-bond donors (Lipinski definition) is 8. The monoisotopic (exact) mass is 579 g/mol. The van der Waals surface area contributed by atoms with Gasteiger partial charge in [0.25, 0.3) is 0 Å². The van der Waals surface area contributed by atoms with Crippen LogP contribution in [0.1, 0.15) is 23.2 Å². The van der Waals surface area contributed by atoms with Crippen LogP contribution in [0, 0.1) is 0 Å². The van der Waals surface area contributed by atoms with E-state index in [0.29, 0.717) is 16.8 Å². The predicted octanol–water partition coefficient (Wildman–Crippen LogP) is -1.12. The Bertz CT molecular complexity index is 1370. The Hall–Kier alpha value is -5.24. The molecule has 1 heterocycles. The third-order valence-electron chi connectivity index (χ3n) is 6.28. The molecule has 0 bridgehead atoms. The van der Waals surface area contributed by atoms with Gasteiger partial charge in [-0.05, 0) is 23.3 Å². The van der Waals surface area contributed by atoms with Gasteiger partial charge in [0.2, 0.25) is 23.6 Å². The molecule has 0 aliphatic rings. The first kappa shape index (κ1) is 31.3. The second-order valence-corrected chi connectivity index (χ2v) is 9.64. The van der Waals surface area contributed by atoms with Crippen LogP contribution in [0.15, 0.2) is 67.1 Å². The summed E-state index contributed by atoms with van der Waals surface area (Å²) in [7, 11) is 0. The smallest absolute Gasteiger partial charge is 0.326 e. The molecule has 3 rings (SSSR count). The Balaban J connectivity index is 1.82. The first-order chi connectivity index (χ1) is 20.0. The fourth-order valence-corrected chi connectivity index (χ4v) is 4.09. The summed E-state index contributed by atoms with van der Waals surface area (Å²) in [6.45, 7) is 0. The van der Waals surface area contributed by atoms with Crippen LogP contribution in [-0.4, -0.2) is 73.9 Å². The van der Waals surface area contributed by atoms with Crippen LogP contribution >= 0.6 is 0 Å². The van der Waals surface area contributed by atoms with Gasteiger partial charge in [0.05, 0.1) is 18.8 Å². The van der Waals surface area contributed by atoms with Crippen LogP contribution in [-0.2, 0) is 43.2 Å². The number of aromatic hydroxyl groups is 1. The summed E-state index contributed by atoms with van der Waals surface area (Å²) in [5.41, 5.74) is 12.6. The summed E-state index contributed by atoms with van der Waals surface area (Å²) < 4.78 is 0. The summed E-state index contributed by atoms with van der Waals surface area (Å²) in [5, 5.41) is 26.9. The van der Waals surface area contributed by atoms with E-state index >= 15 is 0 Å². The molecule has 14 nitrogen and oxygen atoms in total. The molecule has 222 valence electrons. The van der Waals surface area contributed by atoms with Crippen molar-refractivity contribution in [1.82, 2.24) is 25.9 Å². The molecule has 0 fully saturated rings. The molecule has 1 aromatic heterocycles. The van der Waals surface area contributed by atoms with Gasteiger partial charge in [-0.2, -0.15) is 0 Å². The molecule has 4 amide bonds. The van der Waals surface area contributed by atoms with Crippen LogP contribution in [0.4, 0.5) is 0 Å². The highest BCUT2D eigenvalue weighted by Crippen LogP contribution is 2.12. The number of imidazole rings is 1. The van der Waals surface area contributed by atoms with Gasteiger partial charge in [-0.3, -0.25) is 19.2 Å². The maximum absolute atomic E-state index is 13.5. The first-order valence-corrected chi connectivity index (χ1v) is 13.0. The van der Waals surface area contributed by atoms with Crippen molar-refractivity contribution >= 4 is 29.6 Å². The third kappa shape index (κ3) is 9.75. The predicted molar refractivity (Wildman–Crippen MR) is 149 cm³/mol. The summed E-state index contributed by atoms with van der Waals surface area (Å²) in [6, 6.07) is 9.46. The number of carbonyl (C=O) groups is 5. The van der Waals surface area contributed by atoms with E-state index in [1.165, 1.54) is 24.7 Å². The van der Waals surface area contributed by atoms with Crippen LogP contribution in [0.2, 0.25) is 0 Å². The van der Waals surface area contributed by atoms with E-state index in [2.05, 4.69) is 25.9 Å². The summed E-state index contributed by atoms with van der Waals surface area (Å²) >= 11 is 0. The van der Waals surface area contributed by atoms with E-state index < -0.39 is 60.2 Å². The minimum absolute atomic E-state index is 0.00389.